The number of carbonyl (C=O) groups excluding carboxylic acids is 1. The molecule has 0 amide bonds. The van der Waals surface area contributed by atoms with E-state index in [2.05, 4.69) is 65.1 Å². The van der Waals surface area contributed by atoms with Gasteiger partial charge in [0.2, 0.25) is 0 Å². The Bertz CT molecular complexity index is 601. The molecule has 1 atom stereocenters. The van der Waals surface area contributed by atoms with Crippen molar-refractivity contribution in [1.29, 1.82) is 0 Å². The van der Waals surface area contributed by atoms with Gasteiger partial charge in [0.05, 0.1) is 0 Å². The minimum atomic E-state index is 0.107. The molecule has 0 spiro atoms. The number of Topliss-reactive ketones (excluding diaryl/α,β-unsaturated/α-hetero) is 1. The number of hydrogen-bond donors (Lipinski definition) is 0. The second kappa shape index (κ2) is 5.45. The number of carbonyl (C=O) groups is 1. The van der Waals surface area contributed by atoms with Gasteiger partial charge in [0.1, 0.15) is 5.78 Å². The van der Waals surface area contributed by atoms with Crippen molar-refractivity contribution in [3.05, 3.63) is 68.8 Å². The molecule has 0 saturated carbocycles. The molecule has 2 heteroatoms. The first kappa shape index (κ1) is 12.9. The predicted molar refractivity (Wildman–Crippen MR) is 85.4 cm³/mol. The second-order valence-electron chi connectivity index (χ2n) is 5.06. The van der Waals surface area contributed by atoms with Crippen LogP contribution in [0, 0.1) is 3.57 Å². The van der Waals surface area contributed by atoms with Crippen LogP contribution in [0.3, 0.4) is 0 Å². The summed E-state index contributed by atoms with van der Waals surface area (Å²) < 4.78 is 1.21. The smallest absolute Gasteiger partial charge is 0.144 e. The maximum atomic E-state index is 12.5. The van der Waals surface area contributed by atoms with Crippen molar-refractivity contribution in [1.82, 2.24) is 0 Å². The molecule has 0 radical (unpaired) electrons. The van der Waals surface area contributed by atoms with Gasteiger partial charge in [0.15, 0.2) is 0 Å². The Morgan fingerprint density at radius 2 is 1.84 bits per heavy atom. The van der Waals surface area contributed by atoms with Crippen LogP contribution in [0.15, 0.2) is 48.5 Å². The normalized spacial score (nSPS) is 17.2. The summed E-state index contributed by atoms with van der Waals surface area (Å²) in [7, 11) is 0. The van der Waals surface area contributed by atoms with Crippen molar-refractivity contribution in [2.75, 3.05) is 0 Å². The number of ketones is 1. The Balaban J connectivity index is 1.77. The van der Waals surface area contributed by atoms with E-state index in [9.17, 15) is 4.79 Å². The largest absolute Gasteiger partial charge is 0.299 e. The van der Waals surface area contributed by atoms with Gasteiger partial charge in [-0.3, -0.25) is 4.79 Å². The molecule has 1 nitrogen and oxygen atoms in total. The topological polar surface area (TPSA) is 17.1 Å². The summed E-state index contributed by atoms with van der Waals surface area (Å²) in [4.78, 5) is 12.5. The SMILES string of the molecule is O=C(Cc1ccc(I)cc1)C1CCc2ccccc21. The van der Waals surface area contributed by atoms with E-state index in [1.54, 1.807) is 0 Å². The summed E-state index contributed by atoms with van der Waals surface area (Å²) in [6.45, 7) is 0. The van der Waals surface area contributed by atoms with Gasteiger partial charge in [-0.1, -0.05) is 36.4 Å². The maximum Gasteiger partial charge on any atom is 0.144 e. The van der Waals surface area contributed by atoms with E-state index >= 15 is 0 Å². The highest BCUT2D eigenvalue weighted by Gasteiger charge is 2.27. The molecule has 0 N–H and O–H groups in total. The van der Waals surface area contributed by atoms with Crippen LogP contribution in [0.2, 0.25) is 0 Å². The summed E-state index contributed by atoms with van der Waals surface area (Å²) in [6.07, 6.45) is 2.57. The molecule has 1 unspecified atom stereocenters. The monoisotopic (exact) mass is 362 g/mol. The van der Waals surface area contributed by atoms with Crippen LogP contribution < -0.4 is 0 Å². The van der Waals surface area contributed by atoms with Crippen LogP contribution in [-0.4, -0.2) is 5.78 Å². The number of hydrogen-bond acceptors (Lipinski definition) is 1. The fourth-order valence-electron chi connectivity index (χ4n) is 2.82. The summed E-state index contributed by atoms with van der Waals surface area (Å²) in [5, 5.41) is 0. The lowest BCUT2D eigenvalue weighted by Crippen LogP contribution is -2.12. The molecular weight excluding hydrogens is 347 g/mol. The first-order valence-electron chi connectivity index (χ1n) is 6.59. The minimum absolute atomic E-state index is 0.107. The fourth-order valence-corrected chi connectivity index (χ4v) is 3.18. The molecule has 0 aliphatic heterocycles. The highest BCUT2D eigenvalue weighted by atomic mass is 127. The molecule has 19 heavy (non-hydrogen) atoms. The first-order valence-corrected chi connectivity index (χ1v) is 7.67. The number of halogens is 1. The molecule has 3 rings (SSSR count). The van der Waals surface area contributed by atoms with Crippen LogP contribution in [0.1, 0.15) is 29.0 Å². The molecule has 0 bridgehead atoms. The van der Waals surface area contributed by atoms with Crippen LogP contribution in [0.5, 0.6) is 0 Å². The third-order valence-corrected chi connectivity index (χ3v) is 4.53. The molecule has 96 valence electrons. The van der Waals surface area contributed by atoms with E-state index in [4.69, 9.17) is 0 Å². The molecule has 0 heterocycles. The summed E-state index contributed by atoms with van der Waals surface area (Å²) >= 11 is 2.28. The highest BCUT2D eigenvalue weighted by molar-refractivity contribution is 14.1. The van der Waals surface area contributed by atoms with E-state index in [1.807, 2.05) is 6.07 Å². The highest BCUT2D eigenvalue weighted by Crippen LogP contribution is 2.34. The Labute approximate surface area is 127 Å². The lowest BCUT2D eigenvalue weighted by Gasteiger charge is -2.10. The Morgan fingerprint density at radius 3 is 2.63 bits per heavy atom. The van der Waals surface area contributed by atoms with Gasteiger partial charge in [-0.05, 0) is 64.3 Å². The lowest BCUT2D eigenvalue weighted by molar-refractivity contribution is -0.119. The van der Waals surface area contributed by atoms with Gasteiger partial charge >= 0.3 is 0 Å². The molecule has 1 aliphatic rings. The molecule has 1 aliphatic carbocycles. The molecule has 0 aromatic heterocycles. The van der Waals surface area contributed by atoms with Gasteiger partial charge in [-0.2, -0.15) is 0 Å². The Kier molecular flexibility index (Phi) is 3.69. The molecule has 0 fully saturated rings. The van der Waals surface area contributed by atoms with Gasteiger partial charge in [-0.15, -0.1) is 0 Å². The van der Waals surface area contributed by atoms with Crippen molar-refractivity contribution in [2.24, 2.45) is 0 Å². The van der Waals surface area contributed by atoms with E-state index in [0.29, 0.717) is 12.2 Å². The van der Waals surface area contributed by atoms with Gasteiger partial charge in [-0.25, -0.2) is 0 Å². The summed E-state index contributed by atoms with van der Waals surface area (Å²) in [5.74, 6) is 0.460. The van der Waals surface area contributed by atoms with Crippen LogP contribution in [0.25, 0.3) is 0 Å². The van der Waals surface area contributed by atoms with Gasteiger partial charge in [0, 0.05) is 15.9 Å². The van der Waals surface area contributed by atoms with Crippen LogP contribution in [-0.2, 0) is 17.6 Å². The average Bonchev–Trinajstić information content (AvgIpc) is 2.85. The zero-order valence-electron chi connectivity index (χ0n) is 10.6. The van der Waals surface area contributed by atoms with Crippen LogP contribution >= 0.6 is 22.6 Å². The van der Waals surface area contributed by atoms with Crippen molar-refractivity contribution >= 4 is 28.4 Å². The summed E-state index contributed by atoms with van der Waals surface area (Å²) in [5.41, 5.74) is 3.72. The van der Waals surface area contributed by atoms with E-state index in [1.165, 1.54) is 14.7 Å². The minimum Gasteiger partial charge on any atom is -0.299 e. The molecular formula is C17H15IO. The molecule has 2 aromatic rings. The van der Waals surface area contributed by atoms with Gasteiger partial charge < -0.3 is 0 Å². The quantitative estimate of drug-likeness (QED) is 0.751. The first-order chi connectivity index (χ1) is 9.24. The number of aryl methyl sites for hydroxylation is 1. The average molecular weight is 362 g/mol. The maximum absolute atomic E-state index is 12.5. The van der Waals surface area contributed by atoms with Crippen molar-refractivity contribution in [3.8, 4) is 0 Å². The lowest BCUT2D eigenvalue weighted by atomic mass is 9.93. The Morgan fingerprint density at radius 1 is 1.11 bits per heavy atom. The Hall–Kier alpha value is -1.16. The third kappa shape index (κ3) is 2.73. The number of benzene rings is 2. The second-order valence-corrected chi connectivity index (χ2v) is 6.31. The zero-order valence-corrected chi connectivity index (χ0v) is 12.8. The van der Waals surface area contributed by atoms with Crippen molar-refractivity contribution in [3.63, 3.8) is 0 Å². The van der Waals surface area contributed by atoms with E-state index in [0.717, 1.165) is 18.4 Å². The predicted octanol–water partition coefficient (Wildman–Crippen LogP) is 4.13. The zero-order chi connectivity index (χ0) is 13.2. The number of fused-ring (bicyclic) bond motifs is 1. The standard InChI is InChI=1S/C17H15IO/c18-14-8-5-12(6-9-14)11-17(19)16-10-7-13-3-1-2-4-15(13)16/h1-6,8-9,16H,7,10-11H2. The van der Waals surface area contributed by atoms with Crippen molar-refractivity contribution < 1.29 is 4.79 Å². The third-order valence-electron chi connectivity index (χ3n) is 3.81. The fraction of sp³-hybridized carbons (Fsp3) is 0.235. The van der Waals surface area contributed by atoms with E-state index < -0.39 is 0 Å². The molecule has 0 saturated heterocycles. The van der Waals surface area contributed by atoms with E-state index in [-0.39, 0.29) is 5.92 Å². The summed E-state index contributed by atoms with van der Waals surface area (Å²) in [6, 6.07) is 16.6. The number of rotatable bonds is 3. The van der Waals surface area contributed by atoms with Crippen LogP contribution in [0.4, 0.5) is 0 Å². The van der Waals surface area contributed by atoms with Crippen molar-refractivity contribution in [2.45, 2.75) is 25.2 Å². The molecule has 2 aromatic carbocycles. The van der Waals surface area contributed by atoms with Gasteiger partial charge in [0.25, 0.3) is 0 Å².